The van der Waals surface area contributed by atoms with Crippen LogP contribution in [0.4, 0.5) is 13.2 Å². The van der Waals surface area contributed by atoms with Crippen molar-refractivity contribution in [2.75, 3.05) is 0 Å². The van der Waals surface area contributed by atoms with Crippen molar-refractivity contribution in [3.8, 4) is 0 Å². The van der Waals surface area contributed by atoms with E-state index in [-0.39, 0.29) is 5.56 Å². The zero-order chi connectivity index (χ0) is 11.7. The van der Waals surface area contributed by atoms with Crippen LogP contribution in [0.1, 0.15) is 25.1 Å². The molecule has 0 spiro atoms. The van der Waals surface area contributed by atoms with Gasteiger partial charge in [-0.25, -0.2) is 0 Å². The maximum Gasteiger partial charge on any atom is 0.433 e. The largest absolute Gasteiger partial charge is 0.433 e. The van der Waals surface area contributed by atoms with E-state index in [1.165, 1.54) is 26.0 Å². The number of alkyl halides is 3. The molecule has 2 nitrogen and oxygen atoms in total. The molecular formula is C10H10F3NO. The number of aldehydes is 1. The van der Waals surface area contributed by atoms with Crippen LogP contribution in [0.5, 0.6) is 0 Å². The summed E-state index contributed by atoms with van der Waals surface area (Å²) in [6.07, 6.45) is -2.98. The molecule has 15 heavy (non-hydrogen) atoms. The van der Waals surface area contributed by atoms with E-state index in [9.17, 15) is 18.0 Å². The van der Waals surface area contributed by atoms with Crippen LogP contribution in [0.3, 0.4) is 0 Å². The van der Waals surface area contributed by atoms with Crippen LogP contribution >= 0.6 is 0 Å². The zero-order valence-corrected chi connectivity index (χ0v) is 8.30. The monoisotopic (exact) mass is 217 g/mol. The van der Waals surface area contributed by atoms with E-state index in [0.29, 0.717) is 6.29 Å². The highest BCUT2D eigenvalue weighted by atomic mass is 19.4. The molecule has 0 fully saturated rings. The van der Waals surface area contributed by atoms with Crippen molar-refractivity contribution in [2.24, 2.45) is 0 Å². The normalized spacial score (nSPS) is 12.6. The van der Waals surface area contributed by atoms with Crippen LogP contribution in [-0.4, -0.2) is 11.3 Å². The van der Waals surface area contributed by atoms with Crippen LogP contribution in [0.25, 0.3) is 0 Å². The number of pyridine rings is 1. The van der Waals surface area contributed by atoms with Crippen LogP contribution in [0, 0.1) is 0 Å². The van der Waals surface area contributed by atoms with Crippen molar-refractivity contribution in [1.82, 2.24) is 4.98 Å². The highest BCUT2D eigenvalue weighted by molar-refractivity contribution is 5.67. The Balaban J connectivity index is 3.37. The summed E-state index contributed by atoms with van der Waals surface area (Å²) in [4.78, 5) is 14.0. The Labute approximate surface area is 85.1 Å². The van der Waals surface area contributed by atoms with Gasteiger partial charge in [0, 0.05) is 11.6 Å². The molecule has 1 aromatic heterocycles. The molecule has 1 aromatic rings. The summed E-state index contributed by atoms with van der Waals surface area (Å²) in [5.74, 6) is 0. The Morgan fingerprint density at radius 1 is 1.33 bits per heavy atom. The maximum atomic E-state index is 12.5. The summed E-state index contributed by atoms with van der Waals surface area (Å²) in [5.41, 5.74) is -2.28. The fourth-order valence-corrected chi connectivity index (χ4v) is 1.21. The number of hydrogen-bond donors (Lipinski definition) is 0. The topological polar surface area (TPSA) is 30.0 Å². The molecule has 1 heterocycles. The fraction of sp³-hybridized carbons (Fsp3) is 0.400. The summed E-state index contributed by atoms with van der Waals surface area (Å²) in [6, 6.07) is 2.65. The third-order valence-corrected chi connectivity index (χ3v) is 2.07. The van der Waals surface area contributed by atoms with E-state index in [0.717, 1.165) is 6.20 Å². The molecule has 0 aromatic carbocycles. The highest BCUT2D eigenvalue weighted by Crippen LogP contribution is 2.34. The van der Waals surface area contributed by atoms with Gasteiger partial charge < -0.3 is 4.79 Å². The Morgan fingerprint density at radius 2 is 1.93 bits per heavy atom. The second-order valence-corrected chi connectivity index (χ2v) is 3.74. The third kappa shape index (κ3) is 2.34. The first-order valence-electron chi connectivity index (χ1n) is 4.28. The molecule has 0 N–H and O–H groups in total. The van der Waals surface area contributed by atoms with Gasteiger partial charge in [0.05, 0.1) is 0 Å². The molecule has 0 saturated carbocycles. The van der Waals surface area contributed by atoms with Crippen molar-refractivity contribution in [2.45, 2.75) is 25.4 Å². The van der Waals surface area contributed by atoms with Crippen molar-refractivity contribution < 1.29 is 18.0 Å². The van der Waals surface area contributed by atoms with Gasteiger partial charge in [0.2, 0.25) is 0 Å². The van der Waals surface area contributed by atoms with Gasteiger partial charge >= 0.3 is 6.18 Å². The number of rotatable bonds is 2. The second kappa shape index (κ2) is 3.64. The number of hydrogen-bond acceptors (Lipinski definition) is 2. The first-order valence-corrected chi connectivity index (χ1v) is 4.28. The Kier molecular flexibility index (Phi) is 2.83. The number of halogens is 3. The lowest BCUT2D eigenvalue weighted by Crippen LogP contribution is -2.25. The molecule has 0 bridgehead atoms. The predicted octanol–water partition coefficient (Wildman–Crippen LogP) is 2.58. The summed E-state index contributed by atoms with van der Waals surface area (Å²) < 4.78 is 37.6. The van der Waals surface area contributed by atoms with Gasteiger partial charge in [-0.2, -0.15) is 13.2 Å². The van der Waals surface area contributed by atoms with Gasteiger partial charge in [-0.3, -0.25) is 4.98 Å². The Hall–Kier alpha value is -1.39. The molecule has 0 aliphatic heterocycles. The average molecular weight is 217 g/mol. The Bertz CT molecular complexity index is 371. The zero-order valence-electron chi connectivity index (χ0n) is 8.30. The van der Waals surface area contributed by atoms with Crippen LogP contribution in [0.15, 0.2) is 18.3 Å². The fourth-order valence-electron chi connectivity index (χ4n) is 1.21. The van der Waals surface area contributed by atoms with E-state index >= 15 is 0 Å². The number of carbonyl (C=O) groups excluding carboxylic acids is 1. The molecule has 0 aliphatic rings. The lowest BCUT2D eigenvalue weighted by molar-refractivity contribution is -0.142. The van der Waals surface area contributed by atoms with Gasteiger partial charge in [0.1, 0.15) is 12.0 Å². The molecule has 0 radical (unpaired) electrons. The third-order valence-electron chi connectivity index (χ3n) is 2.07. The Morgan fingerprint density at radius 3 is 2.40 bits per heavy atom. The van der Waals surface area contributed by atoms with Crippen LogP contribution in [0.2, 0.25) is 0 Å². The van der Waals surface area contributed by atoms with E-state index in [2.05, 4.69) is 4.98 Å². The number of aromatic nitrogens is 1. The molecule has 0 amide bonds. The van der Waals surface area contributed by atoms with E-state index in [1.807, 2.05) is 0 Å². The van der Waals surface area contributed by atoms with Gasteiger partial charge in [0.15, 0.2) is 0 Å². The summed E-state index contributed by atoms with van der Waals surface area (Å²) in [7, 11) is 0. The molecule has 0 aliphatic carbocycles. The second-order valence-electron chi connectivity index (χ2n) is 3.74. The van der Waals surface area contributed by atoms with Gasteiger partial charge in [-0.1, -0.05) is 6.07 Å². The minimum atomic E-state index is -4.53. The lowest BCUT2D eigenvalue weighted by Gasteiger charge is -2.21. The highest BCUT2D eigenvalue weighted by Gasteiger charge is 2.39. The van der Waals surface area contributed by atoms with Crippen molar-refractivity contribution >= 4 is 6.29 Å². The molecule has 0 unspecified atom stereocenters. The van der Waals surface area contributed by atoms with E-state index in [1.54, 1.807) is 0 Å². The molecule has 5 heteroatoms. The number of nitrogens with zero attached hydrogens (tertiary/aromatic N) is 1. The first kappa shape index (κ1) is 11.7. The average Bonchev–Trinajstić information content (AvgIpc) is 2.16. The summed E-state index contributed by atoms with van der Waals surface area (Å²) in [5, 5.41) is 0. The SMILES string of the molecule is CC(C)(C=O)c1cccnc1C(F)(F)F. The van der Waals surface area contributed by atoms with Crippen LogP contribution in [-0.2, 0) is 16.4 Å². The lowest BCUT2D eigenvalue weighted by atomic mass is 9.85. The smallest absolute Gasteiger partial charge is 0.302 e. The summed E-state index contributed by atoms with van der Waals surface area (Å²) in [6.45, 7) is 2.85. The molecule has 82 valence electrons. The van der Waals surface area contributed by atoms with Crippen LogP contribution < -0.4 is 0 Å². The molecule has 1 rings (SSSR count). The van der Waals surface area contributed by atoms with Gasteiger partial charge in [0.25, 0.3) is 0 Å². The minimum Gasteiger partial charge on any atom is -0.302 e. The van der Waals surface area contributed by atoms with E-state index in [4.69, 9.17) is 0 Å². The molecular weight excluding hydrogens is 207 g/mol. The summed E-state index contributed by atoms with van der Waals surface area (Å²) >= 11 is 0. The van der Waals surface area contributed by atoms with Crippen molar-refractivity contribution in [3.05, 3.63) is 29.6 Å². The molecule has 0 atom stereocenters. The van der Waals surface area contributed by atoms with Gasteiger partial charge in [-0.05, 0) is 25.5 Å². The van der Waals surface area contributed by atoms with Gasteiger partial charge in [-0.15, -0.1) is 0 Å². The minimum absolute atomic E-state index is 0.104. The molecule has 0 saturated heterocycles. The predicted molar refractivity (Wildman–Crippen MR) is 48.3 cm³/mol. The quantitative estimate of drug-likeness (QED) is 0.712. The number of carbonyl (C=O) groups is 1. The maximum absolute atomic E-state index is 12.5. The van der Waals surface area contributed by atoms with E-state index < -0.39 is 17.3 Å². The standard InChI is InChI=1S/C10H10F3NO/c1-9(2,6-15)7-4-3-5-14-8(7)10(11,12)13/h3-6H,1-2H3. The van der Waals surface area contributed by atoms with Crippen molar-refractivity contribution in [3.63, 3.8) is 0 Å². The first-order chi connectivity index (χ1) is 6.79. The van der Waals surface area contributed by atoms with Crippen molar-refractivity contribution in [1.29, 1.82) is 0 Å².